The second-order valence-electron chi connectivity index (χ2n) is 13.5. The van der Waals surface area contributed by atoms with Crippen LogP contribution in [0.5, 0.6) is 0 Å². The number of nitrogens with one attached hydrogen (secondary N) is 2. The predicted molar refractivity (Wildman–Crippen MR) is 179 cm³/mol. The summed E-state index contributed by atoms with van der Waals surface area (Å²) < 4.78 is 117. The molecule has 1 saturated carbocycles. The molecule has 3 aliphatic rings. The highest BCUT2D eigenvalue weighted by Crippen LogP contribution is 2.68. The number of anilines is 1. The van der Waals surface area contributed by atoms with Crippen molar-refractivity contribution in [2.75, 3.05) is 24.5 Å². The van der Waals surface area contributed by atoms with Crippen LogP contribution in [0.2, 0.25) is 0 Å². The number of thiazole rings is 1. The minimum atomic E-state index is -5.08. The van der Waals surface area contributed by atoms with Crippen molar-refractivity contribution in [2.45, 2.75) is 43.4 Å². The molecule has 1 saturated heterocycles. The summed E-state index contributed by atoms with van der Waals surface area (Å²) in [7, 11) is 0. The van der Waals surface area contributed by atoms with Crippen molar-refractivity contribution in [2.24, 2.45) is 11.7 Å². The number of hydrogen-bond acceptors (Lipinski definition) is 8. The van der Waals surface area contributed by atoms with Crippen LogP contribution in [0.3, 0.4) is 0 Å². The van der Waals surface area contributed by atoms with E-state index in [4.69, 9.17) is 5.73 Å². The first-order valence-corrected chi connectivity index (χ1v) is 17.5. The van der Waals surface area contributed by atoms with E-state index in [2.05, 4.69) is 25.7 Å². The molecule has 11 nitrogen and oxygen atoms in total. The Morgan fingerprint density at radius 1 is 1.07 bits per heavy atom. The normalized spacial score (nSPS) is 19.2. The van der Waals surface area contributed by atoms with Crippen molar-refractivity contribution >= 4 is 44.5 Å². The summed E-state index contributed by atoms with van der Waals surface area (Å²) in [5.74, 6) is -11.5. The number of carbonyl (C=O) groups excluding carboxylic acids is 3. The Morgan fingerprint density at radius 3 is 2.51 bits per heavy atom. The lowest BCUT2D eigenvalue weighted by molar-refractivity contribution is -0.142. The van der Waals surface area contributed by atoms with E-state index in [-0.39, 0.29) is 46.9 Å². The lowest BCUT2D eigenvalue weighted by Gasteiger charge is -2.25. The zero-order valence-electron chi connectivity index (χ0n) is 28.0. The summed E-state index contributed by atoms with van der Waals surface area (Å²) in [5.41, 5.74) is 2.05. The number of carbonyl (C=O) groups is 3. The standard InChI is InChI=1S/C35H26F8N8O3S/c36-16-5-14(6-17(37)9-16)7-23(46-26(53)13-51-30-27(29(49-51)35(41,42)43)19-10-21(19)34(30,39)40)28-18(15-1-2-22(38)20(8-15)31(44)54)11-24-32(47-28)48-33(55-24)50-4-3-45-25(52)12-50/h1-2,5-6,8-9,11,19,21,23H,3-4,7,10,12-13H2,(H2,44,54)(H,45,52)(H,46,53)/t19-,21+,23-/m0/s1. The van der Waals surface area contributed by atoms with E-state index < -0.39 is 94.7 Å². The summed E-state index contributed by atoms with van der Waals surface area (Å²) in [6.07, 6.45) is -5.65. The Morgan fingerprint density at radius 2 is 1.82 bits per heavy atom. The maximum absolute atomic E-state index is 15.3. The molecule has 2 aromatic carbocycles. The number of nitrogens with two attached hydrogens (primary N) is 1. The first kappa shape index (κ1) is 36.3. The number of benzene rings is 2. The van der Waals surface area contributed by atoms with Gasteiger partial charge in [-0.15, -0.1) is 0 Å². The smallest absolute Gasteiger partial charge is 0.366 e. The van der Waals surface area contributed by atoms with Crippen molar-refractivity contribution < 1.29 is 49.5 Å². The van der Waals surface area contributed by atoms with E-state index >= 15 is 8.78 Å². The molecule has 0 spiro atoms. The quantitative estimate of drug-likeness (QED) is 0.171. The van der Waals surface area contributed by atoms with Gasteiger partial charge >= 0.3 is 6.18 Å². The van der Waals surface area contributed by atoms with Gasteiger partial charge in [-0.25, -0.2) is 18.2 Å². The van der Waals surface area contributed by atoms with Gasteiger partial charge in [-0.2, -0.15) is 32.0 Å². The highest BCUT2D eigenvalue weighted by Gasteiger charge is 2.68. The molecule has 3 aromatic heterocycles. The number of hydrogen-bond donors (Lipinski definition) is 3. The molecule has 3 atom stereocenters. The van der Waals surface area contributed by atoms with Crippen molar-refractivity contribution in [1.29, 1.82) is 0 Å². The van der Waals surface area contributed by atoms with Crippen molar-refractivity contribution in [1.82, 2.24) is 30.4 Å². The first-order chi connectivity index (χ1) is 26.0. The molecule has 0 radical (unpaired) electrons. The minimum Gasteiger partial charge on any atom is -0.366 e. The molecule has 5 aromatic rings. The average molecular weight is 791 g/mol. The molecule has 4 heterocycles. The molecule has 0 bridgehead atoms. The van der Waals surface area contributed by atoms with Gasteiger partial charge in [0.2, 0.25) is 11.8 Å². The van der Waals surface area contributed by atoms with Gasteiger partial charge < -0.3 is 21.3 Å². The fourth-order valence-corrected chi connectivity index (χ4v) is 8.30. The van der Waals surface area contributed by atoms with Crippen LogP contribution in [-0.2, 0) is 34.7 Å². The van der Waals surface area contributed by atoms with Crippen LogP contribution in [0.4, 0.5) is 40.3 Å². The summed E-state index contributed by atoms with van der Waals surface area (Å²) in [4.78, 5) is 49.0. The number of alkyl halides is 5. The second-order valence-corrected chi connectivity index (χ2v) is 14.5. The van der Waals surface area contributed by atoms with Crippen LogP contribution >= 0.6 is 11.3 Å². The Hall–Kier alpha value is -5.66. The van der Waals surface area contributed by atoms with Gasteiger partial charge in [-0.05, 0) is 60.2 Å². The van der Waals surface area contributed by atoms with Gasteiger partial charge in [0.25, 0.3) is 11.8 Å². The maximum Gasteiger partial charge on any atom is 0.435 e. The molecule has 1 aliphatic heterocycles. The molecule has 2 fully saturated rings. The molecule has 20 heteroatoms. The van der Waals surface area contributed by atoms with Crippen LogP contribution in [0, 0.1) is 23.4 Å². The van der Waals surface area contributed by atoms with Gasteiger partial charge in [-0.1, -0.05) is 17.4 Å². The first-order valence-electron chi connectivity index (χ1n) is 16.7. The Balaban J connectivity index is 1.24. The third-order valence-electron chi connectivity index (χ3n) is 9.77. The van der Waals surface area contributed by atoms with Crippen LogP contribution < -0.4 is 21.3 Å². The van der Waals surface area contributed by atoms with E-state index in [1.165, 1.54) is 6.07 Å². The number of amides is 3. The van der Waals surface area contributed by atoms with Crippen LogP contribution in [0.15, 0.2) is 42.5 Å². The lowest BCUT2D eigenvalue weighted by Crippen LogP contribution is -2.47. The van der Waals surface area contributed by atoms with E-state index in [1.807, 2.05) is 0 Å². The predicted octanol–water partition coefficient (Wildman–Crippen LogP) is 5.34. The third kappa shape index (κ3) is 6.61. The lowest BCUT2D eigenvalue weighted by atomic mass is 9.94. The number of pyridine rings is 1. The van der Waals surface area contributed by atoms with Gasteiger partial charge in [0.15, 0.2) is 16.5 Å². The van der Waals surface area contributed by atoms with E-state index in [0.29, 0.717) is 33.7 Å². The number of rotatable bonds is 9. The number of fused-ring (bicyclic) bond motifs is 4. The number of halogens is 8. The molecule has 286 valence electrons. The largest absolute Gasteiger partial charge is 0.435 e. The van der Waals surface area contributed by atoms with Crippen molar-refractivity contribution in [3.63, 3.8) is 0 Å². The van der Waals surface area contributed by atoms with Gasteiger partial charge in [0.05, 0.1) is 28.5 Å². The topological polar surface area (TPSA) is 148 Å². The number of primary amides is 1. The fourth-order valence-electron chi connectivity index (χ4n) is 7.33. The number of nitrogens with zero attached hydrogens (tertiary/aromatic N) is 5. The van der Waals surface area contributed by atoms with E-state index in [0.717, 1.165) is 35.6 Å². The number of piperazine rings is 1. The molecule has 55 heavy (non-hydrogen) atoms. The molecule has 2 aliphatic carbocycles. The van der Waals surface area contributed by atoms with Gasteiger partial charge in [-0.3, -0.25) is 19.1 Å². The Bertz CT molecular complexity index is 2410. The van der Waals surface area contributed by atoms with Crippen molar-refractivity contribution in [3.8, 4) is 11.1 Å². The second kappa shape index (κ2) is 13.0. The Kier molecular flexibility index (Phi) is 8.58. The molecular formula is C35H26F8N8O3S. The average Bonchev–Trinajstić information content (AvgIpc) is 3.55. The highest BCUT2D eigenvalue weighted by atomic mass is 32.1. The van der Waals surface area contributed by atoms with Crippen LogP contribution in [0.25, 0.3) is 21.5 Å². The SMILES string of the molecule is NC(=O)c1cc(-c2cc3sc(N4CCNC(=O)C4)nc3nc2[C@H](Cc2cc(F)cc(F)c2)NC(=O)Cn2nc(C(F)(F)F)c3c2C(F)(F)[C@@H]2C[C@H]32)ccc1F. The van der Waals surface area contributed by atoms with E-state index in [9.17, 15) is 40.7 Å². The number of aromatic nitrogens is 4. The Labute approximate surface area is 308 Å². The minimum absolute atomic E-state index is 0.0168. The molecule has 0 unspecified atom stereocenters. The maximum atomic E-state index is 15.3. The summed E-state index contributed by atoms with van der Waals surface area (Å²) >= 11 is 1.14. The zero-order valence-corrected chi connectivity index (χ0v) is 28.8. The summed E-state index contributed by atoms with van der Waals surface area (Å²) in [6, 6.07) is 6.06. The molecule has 4 N–H and O–H groups in total. The molecular weight excluding hydrogens is 764 g/mol. The zero-order chi connectivity index (χ0) is 39.1. The summed E-state index contributed by atoms with van der Waals surface area (Å²) in [6.45, 7) is -0.376. The van der Waals surface area contributed by atoms with E-state index in [1.54, 1.807) is 11.0 Å². The van der Waals surface area contributed by atoms with Crippen molar-refractivity contribution in [3.05, 3.63) is 93.7 Å². The van der Waals surface area contributed by atoms with Gasteiger partial charge in [0.1, 0.15) is 29.7 Å². The van der Waals surface area contributed by atoms with Gasteiger partial charge in [0, 0.05) is 36.2 Å². The fraction of sp³-hybridized carbons (Fsp3) is 0.314. The molecule has 8 rings (SSSR count). The third-order valence-corrected chi connectivity index (χ3v) is 10.8. The monoisotopic (exact) mass is 790 g/mol. The molecule has 3 amide bonds. The summed E-state index contributed by atoms with van der Waals surface area (Å²) in [5, 5.41) is 9.07. The van der Waals surface area contributed by atoms with Crippen LogP contribution in [0.1, 0.15) is 56.9 Å². The van der Waals surface area contributed by atoms with Crippen LogP contribution in [-0.4, -0.2) is 57.1 Å². The highest BCUT2D eigenvalue weighted by molar-refractivity contribution is 7.22.